The molecule has 7 heavy (non-hydrogen) atoms. The van der Waals surface area contributed by atoms with Crippen LogP contribution in [-0.4, -0.2) is 6.23 Å². The highest BCUT2D eigenvalue weighted by Crippen LogP contribution is 2.06. The number of ether oxygens (including phenoxy) is 1. The predicted molar refractivity (Wildman–Crippen MR) is 25.9 cm³/mol. The third-order valence-corrected chi connectivity index (χ3v) is 0.839. The van der Waals surface area contributed by atoms with Crippen LogP contribution >= 0.6 is 0 Å². The summed E-state index contributed by atoms with van der Waals surface area (Å²) in [5, 5.41) is 0. The van der Waals surface area contributed by atoms with Crippen molar-refractivity contribution in [3.8, 4) is 0 Å². The first-order valence-corrected chi connectivity index (χ1v) is 2.17. The van der Waals surface area contributed by atoms with Crippen molar-refractivity contribution in [2.24, 2.45) is 11.5 Å². The second-order valence-corrected chi connectivity index (χ2v) is 1.50. The number of nitrogens with two attached hydrogens (primary N) is 2. The Balaban J connectivity index is 2.42. The molecule has 0 saturated heterocycles. The molecule has 1 atom stereocenters. The van der Waals surface area contributed by atoms with Crippen molar-refractivity contribution in [1.82, 2.24) is 0 Å². The second-order valence-electron chi connectivity index (χ2n) is 1.50. The lowest BCUT2D eigenvalue weighted by Gasteiger charge is -2.01. The maximum absolute atomic E-state index is 5.27. The Morgan fingerprint density at radius 2 is 2.57 bits per heavy atom. The van der Waals surface area contributed by atoms with E-state index >= 15 is 0 Å². The zero-order valence-corrected chi connectivity index (χ0v) is 3.92. The lowest BCUT2D eigenvalue weighted by molar-refractivity contribution is 0.148. The summed E-state index contributed by atoms with van der Waals surface area (Å²) in [5.41, 5.74) is 10.5. The molecule has 1 rings (SSSR count). The molecule has 0 amide bonds. The molecule has 1 heterocycles. The Labute approximate surface area is 41.9 Å². The fraction of sp³-hybridized carbons (Fsp3) is 0.500. The Morgan fingerprint density at radius 3 is 2.71 bits per heavy atom. The average Bonchev–Trinajstić information content (AvgIpc) is 1.87. The molecular formula is C4H8N2O. The van der Waals surface area contributed by atoms with E-state index in [2.05, 4.69) is 0 Å². The third kappa shape index (κ3) is 0.838. The quantitative estimate of drug-likeness (QED) is 0.431. The summed E-state index contributed by atoms with van der Waals surface area (Å²) in [4.78, 5) is 0. The standard InChI is InChI=1S/C4H8N2O/c5-3-1-2-4(6)7-3/h1,4H,2,5-6H2. The van der Waals surface area contributed by atoms with Crippen molar-refractivity contribution in [2.75, 3.05) is 0 Å². The molecule has 1 aliphatic rings. The molecule has 1 aliphatic heterocycles. The highest BCUT2D eigenvalue weighted by molar-refractivity contribution is 4.94. The SMILES string of the molecule is NC1=CCC(N)O1. The van der Waals surface area contributed by atoms with E-state index < -0.39 is 0 Å². The summed E-state index contributed by atoms with van der Waals surface area (Å²) in [7, 11) is 0. The van der Waals surface area contributed by atoms with E-state index in [-0.39, 0.29) is 6.23 Å². The van der Waals surface area contributed by atoms with Crippen LogP contribution in [0.5, 0.6) is 0 Å². The van der Waals surface area contributed by atoms with Gasteiger partial charge in [0.2, 0.25) is 0 Å². The molecule has 0 saturated carbocycles. The van der Waals surface area contributed by atoms with E-state index in [4.69, 9.17) is 16.2 Å². The van der Waals surface area contributed by atoms with Crippen LogP contribution in [0.2, 0.25) is 0 Å². The molecule has 0 bridgehead atoms. The van der Waals surface area contributed by atoms with Gasteiger partial charge in [-0.05, 0) is 6.08 Å². The van der Waals surface area contributed by atoms with Gasteiger partial charge in [0.1, 0.15) is 0 Å². The summed E-state index contributed by atoms with van der Waals surface area (Å²) >= 11 is 0. The summed E-state index contributed by atoms with van der Waals surface area (Å²) in [6.07, 6.45) is 2.32. The van der Waals surface area contributed by atoms with Crippen molar-refractivity contribution >= 4 is 0 Å². The molecule has 0 aromatic carbocycles. The number of hydrogen-bond donors (Lipinski definition) is 2. The van der Waals surface area contributed by atoms with Gasteiger partial charge in [-0.25, -0.2) is 0 Å². The lowest BCUT2D eigenvalue weighted by Crippen LogP contribution is -2.19. The molecule has 3 nitrogen and oxygen atoms in total. The van der Waals surface area contributed by atoms with Crippen molar-refractivity contribution in [2.45, 2.75) is 12.6 Å². The van der Waals surface area contributed by atoms with Gasteiger partial charge in [-0.2, -0.15) is 0 Å². The van der Waals surface area contributed by atoms with Crippen LogP contribution in [0.25, 0.3) is 0 Å². The zero-order chi connectivity index (χ0) is 5.28. The molecule has 0 radical (unpaired) electrons. The summed E-state index contributed by atoms with van der Waals surface area (Å²) in [6, 6.07) is 0. The minimum Gasteiger partial charge on any atom is -0.461 e. The Bertz CT molecular complexity index is 99.9. The molecule has 0 spiro atoms. The highest BCUT2D eigenvalue weighted by atomic mass is 16.5. The zero-order valence-electron chi connectivity index (χ0n) is 3.92. The van der Waals surface area contributed by atoms with E-state index in [9.17, 15) is 0 Å². The van der Waals surface area contributed by atoms with Gasteiger partial charge in [0, 0.05) is 6.42 Å². The van der Waals surface area contributed by atoms with Gasteiger partial charge in [-0.15, -0.1) is 0 Å². The molecule has 0 aliphatic carbocycles. The summed E-state index contributed by atoms with van der Waals surface area (Å²) in [5.74, 6) is 0.451. The van der Waals surface area contributed by atoms with Gasteiger partial charge in [0.05, 0.1) is 0 Å². The Kier molecular flexibility index (Phi) is 0.906. The molecular weight excluding hydrogens is 92.1 g/mol. The molecule has 40 valence electrons. The van der Waals surface area contributed by atoms with Gasteiger partial charge in [0.15, 0.2) is 12.1 Å². The van der Waals surface area contributed by atoms with E-state index in [1.54, 1.807) is 6.08 Å². The maximum atomic E-state index is 5.27. The van der Waals surface area contributed by atoms with Crippen molar-refractivity contribution in [3.05, 3.63) is 12.0 Å². The van der Waals surface area contributed by atoms with Crippen LogP contribution in [0, 0.1) is 0 Å². The first kappa shape index (κ1) is 4.46. The van der Waals surface area contributed by atoms with Gasteiger partial charge in [-0.1, -0.05) is 0 Å². The largest absolute Gasteiger partial charge is 0.461 e. The van der Waals surface area contributed by atoms with E-state index in [0.717, 1.165) is 6.42 Å². The van der Waals surface area contributed by atoms with Crippen LogP contribution in [0.15, 0.2) is 12.0 Å². The fourth-order valence-corrected chi connectivity index (χ4v) is 0.503. The average molecular weight is 100 g/mol. The molecule has 3 heteroatoms. The first-order chi connectivity index (χ1) is 3.29. The maximum Gasteiger partial charge on any atom is 0.182 e. The van der Waals surface area contributed by atoms with Crippen molar-refractivity contribution < 1.29 is 4.74 Å². The first-order valence-electron chi connectivity index (χ1n) is 2.17. The normalized spacial score (nSPS) is 29.3. The number of rotatable bonds is 0. The Morgan fingerprint density at radius 1 is 1.86 bits per heavy atom. The van der Waals surface area contributed by atoms with Crippen molar-refractivity contribution in [3.63, 3.8) is 0 Å². The van der Waals surface area contributed by atoms with Crippen LogP contribution < -0.4 is 11.5 Å². The predicted octanol–water partition coefficient (Wildman–Crippen LogP) is -0.508. The van der Waals surface area contributed by atoms with Crippen molar-refractivity contribution in [1.29, 1.82) is 0 Å². The second kappa shape index (κ2) is 1.42. The minimum atomic E-state index is -0.194. The smallest absolute Gasteiger partial charge is 0.182 e. The van der Waals surface area contributed by atoms with Crippen LogP contribution in [0.4, 0.5) is 0 Å². The summed E-state index contributed by atoms with van der Waals surface area (Å²) < 4.78 is 4.78. The van der Waals surface area contributed by atoms with Gasteiger partial charge in [0.25, 0.3) is 0 Å². The highest BCUT2D eigenvalue weighted by Gasteiger charge is 2.08. The third-order valence-electron chi connectivity index (χ3n) is 0.839. The lowest BCUT2D eigenvalue weighted by atomic mass is 10.4. The fourth-order valence-electron chi connectivity index (χ4n) is 0.503. The molecule has 4 N–H and O–H groups in total. The van der Waals surface area contributed by atoms with E-state index in [1.165, 1.54) is 0 Å². The molecule has 0 fully saturated rings. The van der Waals surface area contributed by atoms with E-state index in [0.29, 0.717) is 5.88 Å². The van der Waals surface area contributed by atoms with Gasteiger partial charge >= 0.3 is 0 Å². The van der Waals surface area contributed by atoms with Gasteiger partial charge in [-0.3, -0.25) is 5.73 Å². The molecule has 1 unspecified atom stereocenters. The van der Waals surface area contributed by atoms with Crippen LogP contribution in [0.3, 0.4) is 0 Å². The molecule has 0 aromatic heterocycles. The molecule has 0 aromatic rings. The minimum absolute atomic E-state index is 0.194. The Hall–Kier alpha value is -0.700. The topological polar surface area (TPSA) is 61.3 Å². The van der Waals surface area contributed by atoms with Gasteiger partial charge < -0.3 is 10.5 Å². The number of hydrogen-bond acceptors (Lipinski definition) is 3. The monoisotopic (exact) mass is 100 g/mol. The summed E-state index contributed by atoms with van der Waals surface area (Å²) in [6.45, 7) is 0. The van der Waals surface area contributed by atoms with E-state index in [1.807, 2.05) is 0 Å². The van der Waals surface area contributed by atoms with Crippen LogP contribution in [0.1, 0.15) is 6.42 Å². The van der Waals surface area contributed by atoms with Crippen LogP contribution in [-0.2, 0) is 4.74 Å².